The Balaban J connectivity index is 1.38. The Bertz CT molecular complexity index is 473. The quantitative estimate of drug-likeness (QED) is 0.568. The molecule has 1 saturated carbocycles. The molecule has 0 radical (unpaired) electrons. The number of carbonyl (C=O) groups excluding carboxylic acids is 1. The largest absolute Gasteiger partial charge is 0.375 e. The third-order valence-electron chi connectivity index (χ3n) is 4.98. The van der Waals surface area contributed by atoms with Gasteiger partial charge in [-0.3, -0.25) is 4.79 Å². The highest BCUT2D eigenvalue weighted by Crippen LogP contribution is 2.29. The van der Waals surface area contributed by atoms with Gasteiger partial charge in [0.05, 0.1) is 13.2 Å². The molecular weight excluding hydrogens is 274 g/mol. The van der Waals surface area contributed by atoms with Crippen LogP contribution < -0.4 is 0 Å². The fourth-order valence-electron chi connectivity index (χ4n) is 3.24. The molecule has 1 heterocycles. The highest BCUT2D eigenvalue weighted by molar-refractivity contribution is 5.98. The average molecular weight is 301 g/mol. The highest BCUT2D eigenvalue weighted by atomic mass is 16.5. The lowest BCUT2D eigenvalue weighted by Crippen LogP contribution is -2.32. The van der Waals surface area contributed by atoms with E-state index in [2.05, 4.69) is 4.90 Å². The summed E-state index contributed by atoms with van der Waals surface area (Å²) in [5.74, 6) is 0.607. The van der Waals surface area contributed by atoms with Crippen LogP contribution in [0, 0.1) is 5.92 Å². The number of likely N-dealkylation sites (tertiary alicyclic amines) is 1. The van der Waals surface area contributed by atoms with Crippen LogP contribution in [0.3, 0.4) is 0 Å². The van der Waals surface area contributed by atoms with Crippen LogP contribution in [0.4, 0.5) is 0 Å². The molecule has 3 heteroatoms. The summed E-state index contributed by atoms with van der Waals surface area (Å²) in [5, 5.41) is 0. The zero-order valence-electron chi connectivity index (χ0n) is 13.4. The molecule has 120 valence electrons. The molecule has 0 unspecified atom stereocenters. The van der Waals surface area contributed by atoms with E-state index in [-0.39, 0.29) is 5.92 Å². The predicted octanol–water partition coefficient (Wildman–Crippen LogP) is 3.67. The smallest absolute Gasteiger partial charge is 0.165 e. The maximum Gasteiger partial charge on any atom is 0.165 e. The van der Waals surface area contributed by atoms with Crippen LogP contribution in [0.25, 0.3) is 0 Å². The molecule has 2 aliphatic rings. The molecule has 0 aromatic heterocycles. The van der Waals surface area contributed by atoms with Gasteiger partial charge in [0.15, 0.2) is 5.78 Å². The van der Waals surface area contributed by atoms with Crippen molar-refractivity contribution in [3.63, 3.8) is 0 Å². The minimum Gasteiger partial charge on any atom is -0.375 e. The molecule has 0 bridgehead atoms. The number of benzene rings is 1. The SMILES string of the molecule is O=C(c1ccc(COCCN2CCCCC2)cc1)C1CCC1. The molecule has 3 nitrogen and oxygen atoms in total. The highest BCUT2D eigenvalue weighted by Gasteiger charge is 2.25. The normalized spacial score (nSPS) is 19.8. The Morgan fingerprint density at radius 1 is 1.05 bits per heavy atom. The average Bonchev–Trinajstić information content (AvgIpc) is 2.51. The Morgan fingerprint density at radius 2 is 1.77 bits per heavy atom. The first-order valence-electron chi connectivity index (χ1n) is 8.76. The van der Waals surface area contributed by atoms with Crippen LogP contribution >= 0.6 is 0 Å². The minimum atomic E-state index is 0.284. The van der Waals surface area contributed by atoms with E-state index < -0.39 is 0 Å². The molecule has 0 amide bonds. The third kappa shape index (κ3) is 4.17. The van der Waals surface area contributed by atoms with Gasteiger partial charge >= 0.3 is 0 Å². The predicted molar refractivity (Wildman–Crippen MR) is 88.1 cm³/mol. The van der Waals surface area contributed by atoms with Crippen LogP contribution in [0.5, 0.6) is 0 Å². The second-order valence-corrected chi connectivity index (χ2v) is 6.64. The van der Waals surface area contributed by atoms with Gasteiger partial charge in [0.2, 0.25) is 0 Å². The van der Waals surface area contributed by atoms with Crippen molar-refractivity contribution < 1.29 is 9.53 Å². The third-order valence-corrected chi connectivity index (χ3v) is 4.98. The van der Waals surface area contributed by atoms with E-state index in [0.29, 0.717) is 12.4 Å². The van der Waals surface area contributed by atoms with Crippen molar-refractivity contribution in [2.45, 2.75) is 45.1 Å². The number of carbonyl (C=O) groups is 1. The molecule has 0 atom stereocenters. The number of hydrogen-bond donors (Lipinski definition) is 0. The molecule has 2 fully saturated rings. The number of rotatable bonds is 7. The zero-order chi connectivity index (χ0) is 15.2. The van der Waals surface area contributed by atoms with Crippen molar-refractivity contribution in [3.8, 4) is 0 Å². The van der Waals surface area contributed by atoms with Crippen molar-refractivity contribution in [2.75, 3.05) is 26.2 Å². The summed E-state index contributed by atoms with van der Waals surface area (Å²) in [7, 11) is 0. The fraction of sp³-hybridized carbons (Fsp3) is 0.632. The van der Waals surface area contributed by atoms with Gasteiger partial charge in [-0.25, -0.2) is 0 Å². The van der Waals surface area contributed by atoms with Gasteiger partial charge in [-0.05, 0) is 44.3 Å². The number of ketones is 1. The second-order valence-electron chi connectivity index (χ2n) is 6.64. The van der Waals surface area contributed by atoms with Crippen LogP contribution in [0.2, 0.25) is 0 Å². The first-order chi connectivity index (χ1) is 10.8. The zero-order valence-corrected chi connectivity index (χ0v) is 13.4. The second kappa shape index (κ2) is 7.89. The summed E-state index contributed by atoms with van der Waals surface area (Å²) in [4.78, 5) is 14.6. The van der Waals surface area contributed by atoms with Gasteiger partial charge in [0.25, 0.3) is 0 Å². The Labute approximate surface area is 133 Å². The van der Waals surface area contributed by atoms with E-state index in [1.807, 2.05) is 24.3 Å². The van der Waals surface area contributed by atoms with Crippen LogP contribution in [-0.4, -0.2) is 36.9 Å². The van der Waals surface area contributed by atoms with Crippen molar-refractivity contribution in [2.24, 2.45) is 5.92 Å². The molecule has 1 aliphatic carbocycles. The van der Waals surface area contributed by atoms with Gasteiger partial charge in [-0.1, -0.05) is 37.1 Å². The lowest BCUT2D eigenvalue weighted by Gasteiger charge is -2.26. The summed E-state index contributed by atoms with van der Waals surface area (Å²) in [6.07, 6.45) is 7.38. The van der Waals surface area contributed by atoms with Crippen molar-refractivity contribution in [1.82, 2.24) is 4.90 Å². The van der Waals surface area contributed by atoms with Crippen LogP contribution in [-0.2, 0) is 11.3 Å². The summed E-state index contributed by atoms with van der Waals surface area (Å²) in [5.41, 5.74) is 2.02. The summed E-state index contributed by atoms with van der Waals surface area (Å²) in [6.45, 7) is 4.93. The van der Waals surface area contributed by atoms with E-state index in [4.69, 9.17) is 4.74 Å². The summed E-state index contributed by atoms with van der Waals surface area (Å²) < 4.78 is 5.78. The molecule has 22 heavy (non-hydrogen) atoms. The minimum absolute atomic E-state index is 0.284. The van der Waals surface area contributed by atoms with E-state index >= 15 is 0 Å². The molecule has 1 aromatic rings. The van der Waals surface area contributed by atoms with Gasteiger partial charge in [0.1, 0.15) is 0 Å². The van der Waals surface area contributed by atoms with Crippen LogP contribution in [0.1, 0.15) is 54.4 Å². The summed E-state index contributed by atoms with van der Waals surface area (Å²) >= 11 is 0. The van der Waals surface area contributed by atoms with Crippen LogP contribution in [0.15, 0.2) is 24.3 Å². The van der Waals surface area contributed by atoms with Gasteiger partial charge in [-0.15, -0.1) is 0 Å². The van der Waals surface area contributed by atoms with E-state index in [0.717, 1.165) is 37.1 Å². The number of Topliss-reactive ketones (excluding diaryl/α,β-unsaturated/α-hetero) is 1. The Kier molecular flexibility index (Phi) is 5.63. The molecule has 1 saturated heterocycles. The lowest BCUT2D eigenvalue weighted by molar-refractivity contribution is 0.0849. The van der Waals surface area contributed by atoms with Crippen molar-refractivity contribution in [3.05, 3.63) is 35.4 Å². The fourth-order valence-corrected chi connectivity index (χ4v) is 3.24. The lowest BCUT2D eigenvalue weighted by atomic mass is 9.80. The molecule has 0 N–H and O–H groups in total. The van der Waals surface area contributed by atoms with Gasteiger partial charge < -0.3 is 9.64 Å². The van der Waals surface area contributed by atoms with Gasteiger partial charge in [-0.2, -0.15) is 0 Å². The first kappa shape index (κ1) is 15.7. The van der Waals surface area contributed by atoms with Crippen molar-refractivity contribution >= 4 is 5.78 Å². The molecule has 1 aromatic carbocycles. The molecule has 1 aliphatic heterocycles. The van der Waals surface area contributed by atoms with E-state index in [9.17, 15) is 4.79 Å². The monoisotopic (exact) mass is 301 g/mol. The Morgan fingerprint density at radius 3 is 2.41 bits per heavy atom. The molecular formula is C19H27NO2. The first-order valence-corrected chi connectivity index (χ1v) is 8.76. The van der Waals surface area contributed by atoms with Gasteiger partial charge in [0, 0.05) is 18.0 Å². The van der Waals surface area contributed by atoms with E-state index in [1.165, 1.54) is 38.8 Å². The standard InChI is InChI=1S/C19H27NO2/c21-19(17-5-4-6-17)18-9-7-16(8-10-18)15-22-14-13-20-11-2-1-3-12-20/h7-10,17H,1-6,11-15H2. The number of nitrogens with zero attached hydrogens (tertiary/aromatic N) is 1. The van der Waals surface area contributed by atoms with E-state index in [1.54, 1.807) is 0 Å². The Hall–Kier alpha value is -1.19. The maximum absolute atomic E-state index is 12.1. The summed E-state index contributed by atoms with van der Waals surface area (Å²) in [6, 6.07) is 7.99. The molecule has 0 spiro atoms. The topological polar surface area (TPSA) is 29.5 Å². The number of piperidine rings is 1. The number of ether oxygens (including phenoxy) is 1. The number of hydrogen-bond acceptors (Lipinski definition) is 3. The maximum atomic E-state index is 12.1. The van der Waals surface area contributed by atoms with Crippen molar-refractivity contribution in [1.29, 1.82) is 0 Å². The molecule has 3 rings (SSSR count).